The van der Waals surface area contributed by atoms with Crippen LogP contribution in [-0.4, -0.2) is 43.2 Å². The average Bonchev–Trinajstić information content (AvgIpc) is 2.73. The van der Waals surface area contributed by atoms with Crippen molar-refractivity contribution in [1.29, 1.82) is 0 Å². The van der Waals surface area contributed by atoms with Gasteiger partial charge in [-0.2, -0.15) is 4.31 Å². The van der Waals surface area contributed by atoms with Crippen LogP contribution in [0.4, 0.5) is 5.69 Å². The number of hydrogen-bond acceptors (Lipinski definition) is 4. The van der Waals surface area contributed by atoms with Gasteiger partial charge in [0.25, 0.3) is 5.91 Å². The Labute approximate surface area is 183 Å². The molecule has 2 N–H and O–H groups in total. The van der Waals surface area contributed by atoms with E-state index < -0.39 is 21.5 Å². The van der Waals surface area contributed by atoms with Crippen LogP contribution < -0.4 is 10.6 Å². The van der Waals surface area contributed by atoms with Gasteiger partial charge in [0, 0.05) is 18.6 Å². The molecule has 1 aliphatic heterocycles. The van der Waals surface area contributed by atoms with Gasteiger partial charge in [-0.3, -0.25) is 9.59 Å². The van der Waals surface area contributed by atoms with Crippen molar-refractivity contribution in [2.45, 2.75) is 44.0 Å². The lowest BCUT2D eigenvalue weighted by Gasteiger charge is -2.31. The summed E-state index contributed by atoms with van der Waals surface area (Å²) in [5.41, 5.74) is 0.372. The number of amides is 2. The van der Waals surface area contributed by atoms with Crippen LogP contribution in [0, 0.1) is 5.92 Å². The Morgan fingerprint density at radius 3 is 2.32 bits per heavy atom. The molecule has 31 heavy (non-hydrogen) atoms. The molecule has 0 aliphatic carbocycles. The minimum Gasteiger partial charge on any atom is -0.347 e. The van der Waals surface area contributed by atoms with Crippen LogP contribution in [0.2, 0.25) is 0 Å². The van der Waals surface area contributed by atoms with E-state index in [1.54, 1.807) is 54.6 Å². The number of piperidine rings is 1. The third-order valence-corrected chi connectivity index (χ3v) is 6.93. The monoisotopic (exact) mass is 443 g/mol. The van der Waals surface area contributed by atoms with Crippen LogP contribution >= 0.6 is 0 Å². The second kappa shape index (κ2) is 9.20. The average molecular weight is 444 g/mol. The van der Waals surface area contributed by atoms with Crippen molar-refractivity contribution in [3.05, 3.63) is 60.2 Å². The lowest BCUT2D eigenvalue weighted by atomic mass is 9.98. The molecular formula is C23H29N3O4S. The molecule has 0 radical (unpaired) electrons. The Kier molecular flexibility index (Phi) is 6.81. The Bertz CT molecular complexity index is 1050. The molecule has 2 aromatic carbocycles. The fourth-order valence-corrected chi connectivity index (χ4v) is 5.09. The Balaban J connectivity index is 1.74. The number of nitrogens with one attached hydrogen (secondary N) is 2. The first kappa shape index (κ1) is 23.0. The minimum atomic E-state index is -3.65. The highest BCUT2D eigenvalue weighted by Crippen LogP contribution is 2.25. The summed E-state index contributed by atoms with van der Waals surface area (Å²) in [6, 6.07) is 15.1. The summed E-state index contributed by atoms with van der Waals surface area (Å²) in [7, 11) is -3.65. The fraction of sp³-hybridized carbons (Fsp3) is 0.391. The second-order valence-electron chi connectivity index (χ2n) is 8.75. The molecule has 0 bridgehead atoms. The van der Waals surface area contributed by atoms with Gasteiger partial charge in [0.2, 0.25) is 15.9 Å². The smallest absolute Gasteiger partial charge is 0.253 e. The Morgan fingerprint density at radius 2 is 1.65 bits per heavy atom. The summed E-state index contributed by atoms with van der Waals surface area (Å²) >= 11 is 0. The van der Waals surface area contributed by atoms with Crippen LogP contribution in [0.25, 0.3) is 0 Å². The van der Waals surface area contributed by atoms with Crippen LogP contribution in [0.1, 0.15) is 44.0 Å². The lowest BCUT2D eigenvalue weighted by molar-refractivity contribution is -0.120. The third-order valence-electron chi connectivity index (χ3n) is 5.05. The highest BCUT2D eigenvalue weighted by molar-refractivity contribution is 7.89. The van der Waals surface area contributed by atoms with Crippen molar-refractivity contribution in [2.24, 2.45) is 5.92 Å². The lowest BCUT2D eigenvalue weighted by Crippen LogP contribution is -2.44. The summed E-state index contributed by atoms with van der Waals surface area (Å²) in [5, 5.41) is 5.73. The van der Waals surface area contributed by atoms with Crippen LogP contribution in [0.5, 0.6) is 0 Å². The summed E-state index contributed by atoms with van der Waals surface area (Å²) in [6.07, 6.45) is 1.18. The van der Waals surface area contributed by atoms with Gasteiger partial charge >= 0.3 is 0 Å². The normalized spacial score (nSPS) is 17.7. The predicted octanol–water partition coefficient (Wildman–Crippen LogP) is 3.25. The van der Waals surface area contributed by atoms with Gasteiger partial charge in [0.1, 0.15) is 0 Å². The van der Waals surface area contributed by atoms with E-state index >= 15 is 0 Å². The van der Waals surface area contributed by atoms with E-state index in [0.29, 0.717) is 30.6 Å². The zero-order valence-corrected chi connectivity index (χ0v) is 18.9. The van der Waals surface area contributed by atoms with Crippen molar-refractivity contribution in [3.63, 3.8) is 0 Å². The molecule has 1 saturated heterocycles. The maximum Gasteiger partial charge on any atom is 0.253 e. The maximum absolute atomic E-state index is 13.0. The van der Waals surface area contributed by atoms with Crippen molar-refractivity contribution < 1.29 is 18.0 Å². The van der Waals surface area contributed by atoms with E-state index in [1.165, 1.54) is 4.31 Å². The standard InChI is InChI=1S/C23H29N3O4S/c1-23(2,3)25-22(28)19-13-7-8-14-20(19)24-21(27)17-10-9-15-26(16-17)31(29,30)18-11-5-4-6-12-18/h4-8,11-14,17H,9-10,15-16H2,1-3H3,(H,24,27)(H,25,28). The van der Waals surface area contributed by atoms with Crippen LogP contribution in [-0.2, 0) is 14.8 Å². The molecule has 1 heterocycles. The SMILES string of the molecule is CC(C)(C)NC(=O)c1ccccc1NC(=O)C1CCCN(S(=O)(=O)c2ccccc2)C1. The molecule has 0 saturated carbocycles. The second-order valence-corrected chi connectivity index (χ2v) is 10.7. The Morgan fingerprint density at radius 1 is 1.00 bits per heavy atom. The van der Waals surface area contributed by atoms with Crippen LogP contribution in [0.15, 0.2) is 59.5 Å². The molecule has 1 fully saturated rings. The van der Waals surface area contributed by atoms with Gasteiger partial charge in [-0.15, -0.1) is 0 Å². The summed E-state index contributed by atoms with van der Waals surface area (Å²) < 4.78 is 27.2. The van der Waals surface area contributed by atoms with E-state index in [-0.39, 0.29) is 23.3 Å². The summed E-state index contributed by atoms with van der Waals surface area (Å²) in [5.74, 6) is -1.06. The topological polar surface area (TPSA) is 95.6 Å². The molecule has 2 aromatic rings. The van der Waals surface area contributed by atoms with Gasteiger partial charge in [-0.1, -0.05) is 30.3 Å². The van der Waals surface area contributed by atoms with E-state index in [4.69, 9.17) is 0 Å². The molecule has 7 nitrogen and oxygen atoms in total. The molecule has 0 spiro atoms. The number of rotatable bonds is 5. The Hall–Kier alpha value is -2.71. The highest BCUT2D eigenvalue weighted by atomic mass is 32.2. The van der Waals surface area contributed by atoms with Crippen molar-refractivity contribution in [1.82, 2.24) is 9.62 Å². The number of carbonyl (C=O) groups excluding carboxylic acids is 2. The molecule has 0 aromatic heterocycles. The zero-order chi connectivity index (χ0) is 22.6. The van der Waals surface area contributed by atoms with Crippen molar-refractivity contribution >= 4 is 27.5 Å². The first-order valence-corrected chi connectivity index (χ1v) is 11.8. The number of benzene rings is 2. The summed E-state index contributed by atoms with van der Waals surface area (Å²) in [4.78, 5) is 25.8. The molecule has 1 atom stereocenters. The van der Waals surface area contributed by atoms with E-state index in [2.05, 4.69) is 10.6 Å². The molecule has 8 heteroatoms. The summed E-state index contributed by atoms with van der Waals surface area (Å²) in [6.45, 7) is 6.15. The molecule has 2 amide bonds. The molecule has 166 valence electrons. The van der Waals surface area contributed by atoms with Gasteiger partial charge < -0.3 is 10.6 Å². The largest absolute Gasteiger partial charge is 0.347 e. The fourth-order valence-electron chi connectivity index (χ4n) is 3.55. The van der Waals surface area contributed by atoms with Gasteiger partial charge in [-0.05, 0) is 57.9 Å². The van der Waals surface area contributed by atoms with E-state index in [9.17, 15) is 18.0 Å². The van der Waals surface area contributed by atoms with Gasteiger partial charge in [0.05, 0.1) is 22.1 Å². The number of para-hydroxylation sites is 1. The third kappa shape index (κ3) is 5.71. The first-order chi connectivity index (χ1) is 14.6. The van der Waals surface area contributed by atoms with E-state index in [0.717, 1.165) is 0 Å². The molecular weight excluding hydrogens is 414 g/mol. The quantitative estimate of drug-likeness (QED) is 0.741. The van der Waals surface area contributed by atoms with Crippen molar-refractivity contribution in [3.8, 4) is 0 Å². The molecule has 3 rings (SSSR count). The van der Waals surface area contributed by atoms with Crippen molar-refractivity contribution in [2.75, 3.05) is 18.4 Å². The first-order valence-electron chi connectivity index (χ1n) is 10.4. The maximum atomic E-state index is 13.0. The number of sulfonamides is 1. The van der Waals surface area contributed by atoms with Crippen LogP contribution in [0.3, 0.4) is 0 Å². The number of anilines is 1. The minimum absolute atomic E-state index is 0.111. The highest BCUT2D eigenvalue weighted by Gasteiger charge is 2.33. The predicted molar refractivity (Wildman–Crippen MR) is 120 cm³/mol. The van der Waals surface area contributed by atoms with Gasteiger partial charge in [-0.25, -0.2) is 8.42 Å². The number of nitrogens with zero attached hydrogens (tertiary/aromatic N) is 1. The number of carbonyl (C=O) groups is 2. The van der Waals surface area contributed by atoms with E-state index in [1.807, 2.05) is 20.8 Å². The zero-order valence-electron chi connectivity index (χ0n) is 18.1. The van der Waals surface area contributed by atoms with Gasteiger partial charge in [0.15, 0.2) is 0 Å². The molecule has 1 unspecified atom stereocenters. The molecule has 1 aliphatic rings. The number of hydrogen-bond donors (Lipinski definition) is 2.